The minimum Gasteiger partial charge on any atom is -0.378 e. The molecule has 2 aromatic carbocycles. The van der Waals surface area contributed by atoms with E-state index in [9.17, 15) is 14.9 Å². The van der Waals surface area contributed by atoms with Crippen molar-refractivity contribution in [1.29, 1.82) is 0 Å². The van der Waals surface area contributed by atoms with Crippen LogP contribution in [0, 0.1) is 10.1 Å². The molecule has 13 heteroatoms. The van der Waals surface area contributed by atoms with Gasteiger partial charge in [-0.3, -0.25) is 19.9 Å². The molecule has 1 fully saturated rings. The van der Waals surface area contributed by atoms with E-state index in [4.69, 9.17) is 4.74 Å². The zero-order valence-electron chi connectivity index (χ0n) is 19.7. The zero-order chi connectivity index (χ0) is 25.8. The van der Waals surface area contributed by atoms with Crippen molar-refractivity contribution in [2.45, 2.75) is 16.5 Å². The summed E-state index contributed by atoms with van der Waals surface area (Å²) in [7, 11) is 0. The summed E-state index contributed by atoms with van der Waals surface area (Å²) in [6.45, 7) is 4.19. The van der Waals surface area contributed by atoms with Gasteiger partial charge in [0.25, 0.3) is 5.69 Å². The number of morpholine rings is 1. The standard InChI is InChI=1S/C24H22N6O4S3/c1-15(22(31)28-23-25-6-11-35-23)36-24-27-18-4-3-17(13-21(18)37-24)26-14-16-2-5-19(20(12-16)30(32)33)29-7-9-34-10-8-29/h2-6,11-15H,7-10H2,1H3,(H,25,28,31)/t15-/m1/s1. The Bertz CT molecular complexity index is 1450. The number of aromatic nitrogens is 2. The summed E-state index contributed by atoms with van der Waals surface area (Å²) >= 11 is 4.26. The number of thiazole rings is 2. The van der Waals surface area contributed by atoms with Crippen molar-refractivity contribution >= 4 is 79.0 Å². The predicted molar refractivity (Wildman–Crippen MR) is 149 cm³/mol. The maximum atomic E-state index is 12.4. The van der Waals surface area contributed by atoms with Crippen molar-refractivity contribution in [2.24, 2.45) is 4.99 Å². The minimum absolute atomic E-state index is 0.0541. The molecule has 0 aliphatic carbocycles. The second-order valence-electron chi connectivity index (χ2n) is 8.08. The molecule has 3 heterocycles. The number of hydrogen-bond donors (Lipinski definition) is 1. The van der Waals surface area contributed by atoms with Crippen LogP contribution in [0.4, 0.5) is 22.2 Å². The molecule has 0 saturated carbocycles. The molecule has 1 amide bonds. The Kier molecular flexibility index (Phi) is 7.74. The van der Waals surface area contributed by atoms with Gasteiger partial charge in [-0.05, 0) is 36.8 Å². The number of anilines is 2. The van der Waals surface area contributed by atoms with Crippen LogP contribution in [0.1, 0.15) is 12.5 Å². The summed E-state index contributed by atoms with van der Waals surface area (Å²) in [6, 6.07) is 10.8. The van der Waals surface area contributed by atoms with Crippen molar-refractivity contribution in [3.63, 3.8) is 0 Å². The van der Waals surface area contributed by atoms with Gasteiger partial charge >= 0.3 is 0 Å². The number of aliphatic imine (C=N–C) groups is 1. The van der Waals surface area contributed by atoms with E-state index in [0.717, 1.165) is 14.6 Å². The molecular weight excluding hydrogens is 533 g/mol. The number of carbonyl (C=O) groups excluding carboxylic acids is 1. The van der Waals surface area contributed by atoms with Crippen LogP contribution in [0.5, 0.6) is 0 Å². The molecule has 10 nitrogen and oxygen atoms in total. The van der Waals surface area contributed by atoms with E-state index in [-0.39, 0.29) is 21.8 Å². The number of nitro groups is 1. The van der Waals surface area contributed by atoms with Gasteiger partial charge in [-0.25, -0.2) is 9.97 Å². The van der Waals surface area contributed by atoms with Crippen molar-refractivity contribution in [3.8, 4) is 0 Å². The normalized spacial score (nSPS) is 14.8. The highest BCUT2D eigenvalue weighted by Gasteiger charge is 2.22. The Morgan fingerprint density at radius 1 is 1.30 bits per heavy atom. The molecule has 1 atom stereocenters. The minimum atomic E-state index is -0.358. The Labute approximate surface area is 224 Å². The highest BCUT2D eigenvalue weighted by Crippen LogP contribution is 2.34. The van der Waals surface area contributed by atoms with E-state index < -0.39 is 0 Å². The number of amides is 1. The van der Waals surface area contributed by atoms with Gasteiger partial charge in [0.15, 0.2) is 9.47 Å². The largest absolute Gasteiger partial charge is 0.378 e. The molecule has 1 aliphatic rings. The molecule has 37 heavy (non-hydrogen) atoms. The lowest BCUT2D eigenvalue weighted by atomic mass is 10.1. The fourth-order valence-corrected chi connectivity index (χ4v) is 6.48. The number of rotatable bonds is 8. The van der Waals surface area contributed by atoms with Crippen molar-refractivity contribution in [2.75, 3.05) is 36.5 Å². The average Bonchev–Trinajstić information content (AvgIpc) is 3.56. The fraction of sp³-hybridized carbons (Fsp3) is 0.250. The molecule has 0 bridgehead atoms. The highest BCUT2D eigenvalue weighted by molar-refractivity contribution is 8.02. The van der Waals surface area contributed by atoms with E-state index in [1.54, 1.807) is 24.5 Å². The van der Waals surface area contributed by atoms with Crippen LogP contribution < -0.4 is 10.2 Å². The van der Waals surface area contributed by atoms with Gasteiger partial charge in [0.05, 0.1) is 39.3 Å². The van der Waals surface area contributed by atoms with E-state index in [1.165, 1.54) is 34.4 Å². The van der Waals surface area contributed by atoms with E-state index >= 15 is 0 Å². The molecular formula is C24H22N6O4S3. The van der Waals surface area contributed by atoms with Gasteiger partial charge in [0.2, 0.25) is 5.91 Å². The predicted octanol–water partition coefficient (Wildman–Crippen LogP) is 5.37. The Hall–Kier alpha value is -3.39. The lowest BCUT2D eigenvalue weighted by Gasteiger charge is -2.28. The number of hydrogen-bond acceptors (Lipinski definition) is 11. The van der Waals surface area contributed by atoms with E-state index in [1.807, 2.05) is 41.5 Å². The summed E-state index contributed by atoms with van der Waals surface area (Å²) in [6.07, 6.45) is 3.27. The molecule has 190 valence electrons. The number of benzene rings is 2. The third kappa shape index (κ3) is 6.13. The zero-order valence-corrected chi connectivity index (χ0v) is 22.1. The summed E-state index contributed by atoms with van der Waals surface area (Å²) in [5.41, 5.74) is 2.82. The summed E-state index contributed by atoms with van der Waals surface area (Å²) in [4.78, 5) is 39.0. The first kappa shape index (κ1) is 25.3. The molecule has 4 aromatic rings. The van der Waals surface area contributed by atoms with Crippen LogP contribution in [0.3, 0.4) is 0 Å². The number of nitrogens with zero attached hydrogens (tertiary/aromatic N) is 5. The molecule has 0 radical (unpaired) electrons. The SMILES string of the molecule is C[C@@H](Sc1nc2ccc(N=Cc3ccc(N4CCOCC4)c([N+](=O)[O-])c3)cc2s1)C(=O)Nc1nccs1. The first-order valence-electron chi connectivity index (χ1n) is 11.4. The monoisotopic (exact) mass is 554 g/mol. The topological polar surface area (TPSA) is 123 Å². The van der Waals surface area contributed by atoms with Crippen LogP contribution in [-0.2, 0) is 9.53 Å². The van der Waals surface area contributed by atoms with Gasteiger partial charge in [0.1, 0.15) is 5.69 Å². The van der Waals surface area contributed by atoms with Gasteiger partial charge in [-0.15, -0.1) is 22.7 Å². The molecule has 2 aromatic heterocycles. The molecule has 1 N–H and O–H groups in total. The summed E-state index contributed by atoms with van der Waals surface area (Å²) in [5, 5.41) is 16.6. The van der Waals surface area contributed by atoms with Crippen LogP contribution in [0.25, 0.3) is 10.2 Å². The maximum absolute atomic E-state index is 12.4. The van der Waals surface area contributed by atoms with Crippen LogP contribution in [0.2, 0.25) is 0 Å². The Morgan fingerprint density at radius 3 is 2.89 bits per heavy atom. The summed E-state index contributed by atoms with van der Waals surface area (Å²) in [5.74, 6) is -0.127. The first-order valence-corrected chi connectivity index (χ1v) is 14.0. The van der Waals surface area contributed by atoms with Crippen LogP contribution >= 0.6 is 34.4 Å². The third-order valence-corrected chi connectivity index (χ3v) is 8.47. The second kappa shape index (κ2) is 11.3. The smallest absolute Gasteiger partial charge is 0.293 e. The third-order valence-electron chi connectivity index (χ3n) is 5.57. The van der Waals surface area contributed by atoms with Crippen LogP contribution in [0.15, 0.2) is 57.3 Å². The van der Waals surface area contributed by atoms with Gasteiger partial charge in [-0.2, -0.15) is 0 Å². The number of nitrogens with one attached hydrogen (secondary N) is 1. The Morgan fingerprint density at radius 2 is 2.14 bits per heavy atom. The first-order chi connectivity index (χ1) is 18.0. The molecule has 0 unspecified atom stereocenters. The van der Waals surface area contributed by atoms with Crippen molar-refractivity contribution < 1.29 is 14.5 Å². The lowest BCUT2D eigenvalue weighted by Crippen LogP contribution is -2.36. The Balaban J connectivity index is 1.29. The van der Waals surface area contributed by atoms with Crippen LogP contribution in [-0.4, -0.2) is 58.6 Å². The maximum Gasteiger partial charge on any atom is 0.293 e. The quantitative estimate of drug-likeness (QED) is 0.134. The number of carbonyl (C=O) groups is 1. The molecule has 1 saturated heterocycles. The molecule has 5 rings (SSSR count). The lowest BCUT2D eigenvalue weighted by molar-refractivity contribution is -0.384. The number of thioether (sulfide) groups is 1. The number of nitro benzene ring substituents is 1. The summed E-state index contributed by atoms with van der Waals surface area (Å²) < 4.78 is 7.08. The van der Waals surface area contributed by atoms with Gasteiger partial charge in [0, 0.05) is 36.9 Å². The van der Waals surface area contributed by atoms with Gasteiger partial charge < -0.3 is 15.0 Å². The van der Waals surface area contributed by atoms with Gasteiger partial charge in [-0.1, -0.05) is 17.8 Å². The fourth-order valence-electron chi connectivity index (χ4n) is 3.71. The number of fused-ring (bicyclic) bond motifs is 1. The van der Waals surface area contributed by atoms with Crippen molar-refractivity contribution in [1.82, 2.24) is 9.97 Å². The van der Waals surface area contributed by atoms with E-state index in [2.05, 4.69) is 20.3 Å². The number of ether oxygens (including phenoxy) is 1. The molecule has 1 aliphatic heterocycles. The highest BCUT2D eigenvalue weighted by atomic mass is 32.2. The van der Waals surface area contributed by atoms with E-state index in [0.29, 0.717) is 48.4 Å². The second-order valence-corrected chi connectivity index (χ2v) is 11.6. The molecule has 0 spiro atoms. The average molecular weight is 555 g/mol. The van der Waals surface area contributed by atoms with Crippen molar-refractivity contribution in [3.05, 3.63) is 63.7 Å².